The fourth-order valence-electron chi connectivity index (χ4n) is 2.57. The largest absolute Gasteiger partial charge is 0.494 e. The summed E-state index contributed by atoms with van der Waals surface area (Å²) < 4.78 is 18.2. The summed E-state index contributed by atoms with van der Waals surface area (Å²) in [6, 6.07) is 12.0. The predicted octanol–water partition coefficient (Wildman–Crippen LogP) is 3.89. The molecule has 0 unspecified atom stereocenters. The highest BCUT2D eigenvalue weighted by molar-refractivity contribution is 5.93. The normalized spacial score (nSPS) is 10.7. The van der Waals surface area contributed by atoms with Gasteiger partial charge in [-0.05, 0) is 30.2 Å². The van der Waals surface area contributed by atoms with E-state index in [0.29, 0.717) is 24.3 Å². The molecule has 118 valence electrons. The summed E-state index contributed by atoms with van der Waals surface area (Å²) in [5.41, 5.74) is 2.63. The van der Waals surface area contributed by atoms with Crippen molar-refractivity contribution >= 4 is 22.5 Å². The fourth-order valence-corrected chi connectivity index (χ4v) is 2.57. The third-order valence-corrected chi connectivity index (χ3v) is 3.73. The Labute approximate surface area is 133 Å². The van der Waals surface area contributed by atoms with Crippen LogP contribution in [0.1, 0.15) is 12.0 Å². The van der Waals surface area contributed by atoms with E-state index >= 15 is 0 Å². The third-order valence-electron chi connectivity index (χ3n) is 3.73. The Hall–Kier alpha value is -2.82. The number of hydrogen-bond acceptors (Lipinski definition) is 2. The van der Waals surface area contributed by atoms with E-state index in [-0.39, 0.29) is 5.91 Å². The number of aryl methyl sites for hydroxylation is 1. The molecular weight excluding hydrogens is 295 g/mol. The van der Waals surface area contributed by atoms with Crippen LogP contribution in [-0.4, -0.2) is 18.0 Å². The van der Waals surface area contributed by atoms with Gasteiger partial charge in [0.25, 0.3) is 0 Å². The van der Waals surface area contributed by atoms with Crippen LogP contribution in [0.2, 0.25) is 0 Å². The molecule has 5 heteroatoms. The Morgan fingerprint density at radius 2 is 2.09 bits per heavy atom. The zero-order valence-corrected chi connectivity index (χ0v) is 12.7. The number of rotatable bonds is 5. The standard InChI is InChI=1S/C18H17FN2O2/c1-23-17-10-13(19)7-8-16(17)21-18(22)9-6-12-11-20-15-5-3-2-4-14(12)15/h2-5,7-8,10-11,20H,6,9H2,1H3,(H,21,22). The van der Waals surface area contributed by atoms with Crippen LogP contribution in [-0.2, 0) is 11.2 Å². The summed E-state index contributed by atoms with van der Waals surface area (Å²) in [7, 11) is 1.44. The van der Waals surface area contributed by atoms with Gasteiger partial charge in [-0.3, -0.25) is 4.79 Å². The van der Waals surface area contributed by atoms with Crippen LogP contribution in [0.25, 0.3) is 10.9 Å². The second-order valence-electron chi connectivity index (χ2n) is 5.25. The van der Waals surface area contributed by atoms with Crippen molar-refractivity contribution in [3.05, 3.63) is 60.0 Å². The minimum Gasteiger partial charge on any atom is -0.494 e. The van der Waals surface area contributed by atoms with Crippen LogP contribution >= 0.6 is 0 Å². The van der Waals surface area contributed by atoms with Gasteiger partial charge >= 0.3 is 0 Å². The second-order valence-corrected chi connectivity index (χ2v) is 5.25. The third kappa shape index (κ3) is 3.34. The van der Waals surface area contributed by atoms with Crippen LogP contribution < -0.4 is 10.1 Å². The molecule has 0 radical (unpaired) electrons. The highest BCUT2D eigenvalue weighted by atomic mass is 19.1. The highest BCUT2D eigenvalue weighted by Crippen LogP contribution is 2.25. The number of nitrogens with one attached hydrogen (secondary N) is 2. The zero-order valence-electron chi connectivity index (χ0n) is 12.7. The number of amides is 1. The summed E-state index contributed by atoms with van der Waals surface area (Å²) in [5.74, 6) is -0.232. The fraction of sp³-hybridized carbons (Fsp3) is 0.167. The maximum atomic E-state index is 13.2. The molecule has 4 nitrogen and oxygen atoms in total. The quantitative estimate of drug-likeness (QED) is 0.751. The van der Waals surface area contributed by atoms with E-state index in [0.717, 1.165) is 16.5 Å². The number of methoxy groups -OCH3 is 1. The summed E-state index contributed by atoms with van der Waals surface area (Å²) in [6.45, 7) is 0. The van der Waals surface area contributed by atoms with E-state index in [9.17, 15) is 9.18 Å². The van der Waals surface area contributed by atoms with Gasteiger partial charge in [0.1, 0.15) is 11.6 Å². The molecular formula is C18H17FN2O2. The van der Waals surface area contributed by atoms with Crippen LogP contribution in [0.4, 0.5) is 10.1 Å². The number of carbonyl (C=O) groups excluding carboxylic acids is 1. The number of benzene rings is 2. The second kappa shape index (κ2) is 6.52. The van der Waals surface area contributed by atoms with Crippen molar-refractivity contribution in [3.63, 3.8) is 0 Å². The number of carbonyl (C=O) groups is 1. The lowest BCUT2D eigenvalue weighted by Gasteiger charge is -2.10. The first-order valence-electron chi connectivity index (χ1n) is 7.36. The van der Waals surface area contributed by atoms with Gasteiger partial charge in [0.15, 0.2) is 0 Å². The Morgan fingerprint density at radius 1 is 1.26 bits per heavy atom. The summed E-state index contributed by atoms with van der Waals surface area (Å²) in [5, 5.41) is 3.88. The number of aromatic amines is 1. The van der Waals surface area contributed by atoms with Crippen molar-refractivity contribution in [1.82, 2.24) is 4.98 Å². The molecule has 0 aliphatic rings. The molecule has 1 amide bonds. The van der Waals surface area contributed by atoms with E-state index in [1.807, 2.05) is 30.5 Å². The topological polar surface area (TPSA) is 54.1 Å². The van der Waals surface area contributed by atoms with E-state index in [4.69, 9.17) is 4.74 Å². The summed E-state index contributed by atoms with van der Waals surface area (Å²) in [6.07, 6.45) is 2.89. The minimum absolute atomic E-state index is 0.139. The molecule has 0 saturated heterocycles. The lowest BCUT2D eigenvalue weighted by molar-refractivity contribution is -0.116. The number of anilines is 1. The lowest BCUT2D eigenvalue weighted by Crippen LogP contribution is -2.13. The Morgan fingerprint density at radius 3 is 2.91 bits per heavy atom. The number of halogens is 1. The Balaban J connectivity index is 1.66. The molecule has 0 spiro atoms. The molecule has 2 N–H and O–H groups in total. The summed E-state index contributed by atoms with van der Waals surface area (Å²) >= 11 is 0. The smallest absolute Gasteiger partial charge is 0.224 e. The highest BCUT2D eigenvalue weighted by Gasteiger charge is 2.10. The number of fused-ring (bicyclic) bond motifs is 1. The SMILES string of the molecule is COc1cc(F)ccc1NC(=O)CCc1c[nH]c2ccccc12. The van der Waals surface area contributed by atoms with Crippen molar-refractivity contribution in [1.29, 1.82) is 0 Å². The molecule has 3 aromatic rings. The van der Waals surface area contributed by atoms with Crippen molar-refractivity contribution < 1.29 is 13.9 Å². The molecule has 3 rings (SSSR count). The zero-order chi connectivity index (χ0) is 16.2. The van der Waals surface area contributed by atoms with Crippen molar-refractivity contribution in [2.75, 3.05) is 12.4 Å². The lowest BCUT2D eigenvalue weighted by atomic mass is 10.1. The first-order valence-corrected chi connectivity index (χ1v) is 7.36. The average Bonchev–Trinajstić information content (AvgIpc) is 2.98. The van der Waals surface area contributed by atoms with Crippen molar-refractivity contribution in [2.45, 2.75) is 12.8 Å². The number of aromatic nitrogens is 1. The van der Waals surface area contributed by atoms with Crippen molar-refractivity contribution in [3.8, 4) is 5.75 Å². The Kier molecular flexibility index (Phi) is 4.28. The van der Waals surface area contributed by atoms with Crippen LogP contribution in [0.15, 0.2) is 48.7 Å². The van der Waals surface area contributed by atoms with Gasteiger partial charge in [0.2, 0.25) is 5.91 Å². The molecule has 0 fully saturated rings. The first-order chi connectivity index (χ1) is 11.2. The summed E-state index contributed by atoms with van der Waals surface area (Å²) in [4.78, 5) is 15.3. The molecule has 0 aliphatic heterocycles. The maximum Gasteiger partial charge on any atom is 0.224 e. The molecule has 2 aromatic carbocycles. The average molecular weight is 312 g/mol. The van der Waals surface area contributed by atoms with Gasteiger partial charge in [-0.1, -0.05) is 18.2 Å². The number of H-pyrrole nitrogens is 1. The molecule has 0 saturated carbocycles. The molecule has 0 atom stereocenters. The molecule has 0 bridgehead atoms. The van der Waals surface area contributed by atoms with E-state index in [1.54, 1.807) is 0 Å². The van der Waals surface area contributed by atoms with Gasteiger partial charge < -0.3 is 15.0 Å². The van der Waals surface area contributed by atoms with Crippen LogP contribution in [0.3, 0.4) is 0 Å². The number of para-hydroxylation sites is 1. The van der Waals surface area contributed by atoms with Gasteiger partial charge in [-0.2, -0.15) is 0 Å². The van der Waals surface area contributed by atoms with Gasteiger partial charge in [0.05, 0.1) is 12.8 Å². The van der Waals surface area contributed by atoms with E-state index < -0.39 is 5.82 Å². The molecule has 23 heavy (non-hydrogen) atoms. The minimum atomic E-state index is -0.404. The van der Waals surface area contributed by atoms with Gasteiger partial charge in [-0.25, -0.2) is 4.39 Å². The first kappa shape index (κ1) is 15.1. The maximum absolute atomic E-state index is 13.2. The molecule has 0 aliphatic carbocycles. The molecule has 1 aromatic heterocycles. The van der Waals surface area contributed by atoms with Crippen LogP contribution in [0, 0.1) is 5.82 Å². The predicted molar refractivity (Wildman–Crippen MR) is 88.2 cm³/mol. The van der Waals surface area contributed by atoms with E-state index in [2.05, 4.69) is 10.3 Å². The molecule has 1 heterocycles. The van der Waals surface area contributed by atoms with E-state index in [1.165, 1.54) is 25.3 Å². The monoisotopic (exact) mass is 312 g/mol. The van der Waals surface area contributed by atoms with Gasteiger partial charge in [0, 0.05) is 29.6 Å². The van der Waals surface area contributed by atoms with Gasteiger partial charge in [-0.15, -0.1) is 0 Å². The van der Waals surface area contributed by atoms with Crippen LogP contribution in [0.5, 0.6) is 5.75 Å². The number of ether oxygens (including phenoxy) is 1. The van der Waals surface area contributed by atoms with Crippen molar-refractivity contribution in [2.24, 2.45) is 0 Å². The number of hydrogen-bond donors (Lipinski definition) is 2. The Bertz CT molecular complexity index is 842.